The van der Waals surface area contributed by atoms with Crippen LogP contribution in [0.1, 0.15) is 0 Å². The van der Waals surface area contributed by atoms with Crippen molar-refractivity contribution in [1.29, 1.82) is 0 Å². The Morgan fingerprint density at radius 2 is 1.79 bits per heavy atom. The molecule has 29 heavy (non-hydrogen) atoms. The van der Waals surface area contributed by atoms with Gasteiger partial charge in [0.15, 0.2) is 11.2 Å². The Kier molecular flexibility index (Phi) is 4.55. The number of nitrogens with one attached hydrogen (secondary N) is 1. The van der Waals surface area contributed by atoms with Crippen molar-refractivity contribution in [2.45, 2.75) is 6.54 Å². The van der Waals surface area contributed by atoms with Gasteiger partial charge in [-0.15, -0.1) is 0 Å². The van der Waals surface area contributed by atoms with Gasteiger partial charge in [-0.2, -0.15) is 0 Å². The second-order valence-corrected chi connectivity index (χ2v) is 6.62. The van der Waals surface area contributed by atoms with E-state index in [4.69, 9.17) is 0 Å². The van der Waals surface area contributed by atoms with E-state index in [0.29, 0.717) is 5.69 Å². The van der Waals surface area contributed by atoms with E-state index in [1.54, 1.807) is 24.5 Å². The van der Waals surface area contributed by atoms with E-state index >= 15 is 0 Å². The molecule has 1 aromatic carbocycles. The number of rotatable bonds is 4. The molecule has 0 saturated heterocycles. The summed E-state index contributed by atoms with van der Waals surface area (Å²) in [5.74, 6) is -0.311. The first-order chi connectivity index (χ1) is 14.0. The highest BCUT2D eigenvalue weighted by molar-refractivity contribution is 5.91. The van der Waals surface area contributed by atoms with Gasteiger partial charge in [-0.3, -0.25) is 23.7 Å². The number of pyridine rings is 1. The minimum Gasteiger partial charge on any atom is -0.325 e. The number of benzene rings is 1. The molecule has 0 unspecified atom stereocenters. The van der Waals surface area contributed by atoms with Gasteiger partial charge in [0.05, 0.1) is 6.33 Å². The second-order valence-electron chi connectivity index (χ2n) is 6.62. The molecule has 9 heteroatoms. The van der Waals surface area contributed by atoms with Gasteiger partial charge in [0.25, 0.3) is 5.56 Å². The molecule has 1 N–H and O–H groups in total. The number of carbonyl (C=O) groups is 1. The first kappa shape index (κ1) is 18.4. The summed E-state index contributed by atoms with van der Waals surface area (Å²) in [4.78, 5) is 45.1. The van der Waals surface area contributed by atoms with Crippen molar-refractivity contribution in [1.82, 2.24) is 23.7 Å². The Bertz CT molecular complexity index is 1320. The van der Waals surface area contributed by atoms with Crippen LogP contribution < -0.4 is 16.6 Å². The fourth-order valence-electron chi connectivity index (χ4n) is 3.15. The van der Waals surface area contributed by atoms with Crippen molar-refractivity contribution < 1.29 is 4.79 Å². The highest BCUT2D eigenvalue weighted by atomic mass is 16.2. The third-order valence-corrected chi connectivity index (χ3v) is 4.69. The van der Waals surface area contributed by atoms with Crippen molar-refractivity contribution >= 4 is 22.8 Å². The van der Waals surface area contributed by atoms with Gasteiger partial charge in [-0.05, 0) is 29.3 Å². The number of aromatic nitrogens is 5. The van der Waals surface area contributed by atoms with Gasteiger partial charge >= 0.3 is 5.69 Å². The fourth-order valence-corrected chi connectivity index (χ4v) is 3.15. The van der Waals surface area contributed by atoms with E-state index in [0.717, 1.165) is 15.7 Å². The monoisotopic (exact) mass is 390 g/mol. The minimum absolute atomic E-state index is 0.103. The van der Waals surface area contributed by atoms with Gasteiger partial charge in [0, 0.05) is 32.2 Å². The van der Waals surface area contributed by atoms with Gasteiger partial charge < -0.3 is 9.88 Å². The smallest absolute Gasteiger partial charge is 0.325 e. The number of aryl methyl sites for hydroxylation is 1. The van der Waals surface area contributed by atoms with Gasteiger partial charge in [0.2, 0.25) is 5.91 Å². The molecule has 0 atom stereocenters. The summed E-state index contributed by atoms with van der Waals surface area (Å²) in [5.41, 5.74) is 2.09. The minimum atomic E-state index is -0.491. The van der Waals surface area contributed by atoms with Crippen LogP contribution in [-0.4, -0.2) is 29.6 Å². The lowest BCUT2D eigenvalue weighted by Gasteiger charge is -2.09. The molecule has 3 aromatic heterocycles. The van der Waals surface area contributed by atoms with Crippen LogP contribution in [0.2, 0.25) is 0 Å². The largest absolute Gasteiger partial charge is 0.332 e. The lowest BCUT2D eigenvalue weighted by atomic mass is 10.1. The lowest BCUT2D eigenvalue weighted by Crippen LogP contribution is -2.37. The number of nitrogens with zero attached hydrogens (tertiary/aromatic N) is 5. The average Bonchev–Trinajstić information content (AvgIpc) is 3.15. The molecular weight excluding hydrogens is 372 g/mol. The molecule has 0 aliphatic carbocycles. The number of hydrogen-bond donors (Lipinski definition) is 1. The standard InChI is InChI=1S/C20H18N6O3/c1-24-18-17(19(28)25(2)20(24)29)26(12-22-18)11-16(27)23-15-7-5-13(6-8-15)14-4-3-9-21-10-14/h3-10,12H,11H2,1-2H3,(H,23,27). The first-order valence-electron chi connectivity index (χ1n) is 8.87. The highest BCUT2D eigenvalue weighted by Gasteiger charge is 2.16. The first-order valence-corrected chi connectivity index (χ1v) is 8.87. The molecule has 0 aliphatic rings. The molecule has 4 rings (SSSR count). The molecule has 0 radical (unpaired) electrons. The van der Waals surface area contributed by atoms with E-state index in [1.807, 2.05) is 24.3 Å². The van der Waals surface area contributed by atoms with Gasteiger partial charge in [-0.1, -0.05) is 18.2 Å². The van der Waals surface area contributed by atoms with E-state index in [2.05, 4.69) is 15.3 Å². The average molecular weight is 390 g/mol. The summed E-state index contributed by atoms with van der Waals surface area (Å²) in [6.07, 6.45) is 4.87. The summed E-state index contributed by atoms with van der Waals surface area (Å²) >= 11 is 0. The molecule has 0 fully saturated rings. The third kappa shape index (κ3) is 3.33. The predicted octanol–water partition coefficient (Wildman–Crippen LogP) is 1.13. The maximum Gasteiger partial charge on any atom is 0.332 e. The molecule has 1 amide bonds. The summed E-state index contributed by atoms with van der Waals surface area (Å²) in [5, 5.41) is 2.80. The Hall–Kier alpha value is -4.01. The van der Waals surface area contributed by atoms with E-state index < -0.39 is 11.2 Å². The molecule has 3 heterocycles. The maximum absolute atomic E-state index is 12.5. The van der Waals surface area contributed by atoms with E-state index in [1.165, 1.54) is 29.6 Å². The summed E-state index contributed by atoms with van der Waals surface area (Å²) in [6.45, 7) is -0.103. The Morgan fingerprint density at radius 1 is 1.03 bits per heavy atom. The van der Waals surface area contributed by atoms with Crippen LogP contribution >= 0.6 is 0 Å². The molecule has 146 valence electrons. The van der Waals surface area contributed by atoms with E-state index in [-0.39, 0.29) is 23.6 Å². The molecule has 0 bridgehead atoms. The Labute approximate surface area is 164 Å². The summed E-state index contributed by atoms with van der Waals surface area (Å²) in [6, 6.07) is 11.2. The number of carbonyl (C=O) groups excluding carboxylic acids is 1. The van der Waals surface area contributed by atoms with Crippen molar-refractivity contribution in [3.05, 3.63) is 76.0 Å². The van der Waals surface area contributed by atoms with E-state index in [9.17, 15) is 14.4 Å². The Balaban J connectivity index is 1.55. The van der Waals surface area contributed by atoms with Crippen molar-refractivity contribution in [3.8, 4) is 11.1 Å². The van der Waals surface area contributed by atoms with Crippen molar-refractivity contribution in [2.24, 2.45) is 14.1 Å². The van der Waals surface area contributed by atoms with Crippen LogP contribution in [0.15, 0.2) is 64.7 Å². The maximum atomic E-state index is 12.5. The van der Waals surface area contributed by atoms with Crippen LogP contribution in [0, 0.1) is 0 Å². The second kappa shape index (κ2) is 7.19. The number of fused-ring (bicyclic) bond motifs is 1. The SMILES string of the molecule is Cn1c(=O)c2c(ncn2CC(=O)Nc2ccc(-c3cccnc3)cc2)n(C)c1=O. The van der Waals surface area contributed by atoms with Crippen molar-refractivity contribution in [3.63, 3.8) is 0 Å². The summed E-state index contributed by atoms with van der Waals surface area (Å²) in [7, 11) is 2.93. The van der Waals surface area contributed by atoms with Gasteiger partial charge in [-0.25, -0.2) is 9.78 Å². The topological polar surface area (TPSA) is 104 Å². The molecule has 4 aromatic rings. The number of amides is 1. The quantitative estimate of drug-likeness (QED) is 0.563. The lowest BCUT2D eigenvalue weighted by molar-refractivity contribution is -0.116. The normalized spacial score (nSPS) is 11.0. The molecule has 0 saturated carbocycles. The van der Waals surface area contributed by atoms with Gasteiger partial charge in [0.1, 0.15) is 6.54 Å². The number of imidazole rings is 1. The third-order valence-electron chi connectivity index (χ3n) is 4.69. The fraction of sp³-hybridized carbons (Fsp3) is 0.150. The summed E-state index contributed by atoms with van der Waals surface area (Å²) < 4.78 is 3.72. The van der Waals surface area contributed by atoms with Crippen LogP contribution in [0.4, 0.5) is 5.69 Å². The van der Waals surface area contributed by atoms with Crippen LogP contribution in [0.5, 0.6) is 0 Å². The zero-order chi connectivity index (χ0) is 20.5. The Morgan fingerprint density at radius 3 is 2.48 bits per heavy atom. The molecular formula is C20H18N6O3. The zero-order valence-corrected chi connectivity index (χ0v) is 15.9. The molecule has 0 spiro atoms. The van der Waals surface area contributed by atoms with Crippen LogP contribution in [0.25, 0.3) is 22.3 Å². The van der Waals surface area contributed by atoms with Crippen LogP contribution in [0.3, 0.4) is 0 Å². The van der Waals surface area contributed by atoms with Crippen molar-refractivity contribution in [2.75, 3.05) is 5.32 Å². The highest BCUT2D eigenvalue weighted by Crippen LogP contribution is 2.20. The predicted molar refractivity (Wildman–Crippen MR) is 109 cm³/mol. The van der Waals surface area contributed by atoms with Crippen LogP contribution in [-0.2, 0) is 25.4 Å². The zero-order valence-electron chi connectivity index (χ0n) is 15.9. The molecule has 0 aliphatic heterocycles. The molecule has 9 nitrogen and oxygen atoms in total. The number of hydrogen-bond acceptors (Lipinski definition) is 5. The number of anilines is 1.